The van der Waals surface area contributed by atoms with Crippen molar-refractivity contribution in [2.24, 2.45) is 0 Å². The van der Waals surface area contributed by atoms with Crippen LogP contribution < -0.4 is 9.80 Å². The summed E-state index contributed by atoms with van der Waals surface area (Å²) in [6.45, 7) is 6.19. The average molecular weight is 472 g/mol. The van der Waals surface area contributed by atoms with Crippen LogP contribution in [0.15, 0.2) is 103 Å². The molecule has 3 aromatic rings. The summed E-state index contributed by atoms with van der Waals surface area (Å²) in [5, 5.41) is 18.2. The van der Waals surface area contributed by atoms with Gasteiger partial charge in [0.1, 0.15) is 0 Å². The van der Waals surface area contributed by atoms with E-state index >= 15 is 0 Å². The maximum atomic E-state index is 9.46. The molecular weight excluding hydrogens is 442 g/mol. The van der Waals surface area contributed by atoms with Gasteiger partial charge in [0.2, 0.25) is 0 Å². The van der Waals surface area contributed by atoms with E-state index in [9.17, 15) is 5.11 Å². The van der Waals surface area contributed by atoms with Gasteiger partial charge in [0, 0.05) is 17.8 Å². The molecule has 0 aliphatic carbocycles. The number of para-hydroxylation sites is 2. The van der Waals surface area contributed by atoms with Crippen molar-refractivity contribution in [1.29, 1.82) is 5.41 Å². The summed E-state index contributed by atoms with van der Waals surface area (Å²) in [7, 11) is 2.02. The standard InChI is InChI=1S/C29H30ClN3O/c1-4-22(20-34)18-23(5-2)24-14-16-26(17-15-24)32(3)28-12-8-9-13-29(28)33(21-31)19-25-10-6-7-11-27(25)30/h4-18,21,31,34H,1,19-20H2,2-3H3/b22-18+,23-5+,31-21?. The number of rotatable bonds is 10. The van der Waals surface area contributed by atoms with Gasteiger partial charge in [-0.25, -0.2) is 0 Å². The molecule has 0 radical (unpaired) electrons. The van der Waals surface area contributed by atoms with Crippen LogP contribution in [0.25, 0.3) is 5.57 Å². The third-order valence-corrected chi connectivity index (χ3v) is 6.06. The lowest BCUT2D eigenvalue weighted by Gasteiger charge is -2.28. The summed E-state index contributed by atoms with van der Waals surface area (Å²) in [6.07, 6.45) is 6.96. The molecule has 4 nitrogen and oxygen atoms in total. The summed E-state index contributed by atoms with van der Waals surface area (Å²) in [4.78, 5) is 3.99. The number of benzene rings is 3. The van der Waals surface area contributed by atoms with Crippen LogP contribution in [-0.4, -0.2) is 25.1 Å². The molecule has 0 saturated heterocycles. The second-order valence-corrected chi connectivity index (χ2v) is 8.18. The zero-order valence-electron chi connectivity index (χ0n) is 19.6. The largest absolute Gasteiger partial charge is 0.392 e. The number of aliphatic hydroxyl groups is 1. The molecular formula is C29H30ClN3O. The Morgan fingerprint density at radius 1 is 1.00 bits per heavy atom. The van der Waals surface area contributed by atoms with Crippen LogP contribution >= 0.6 is 11.6 Å². The first-order valence-corrected chi connectivity index (χ1v) is 11.4. The molecule has 0 bridgehead atoms. The fourth-order valence-corrected chi connectivity index (χ4v) is 3.92. The molecule has 0 aromatic heterocycles. The van der Waals surface area contributed by atoms with E-state index in [2.05, 4.69) is 35.7 Å². The Morgan fingerprint density at radius 2 is 1.65 bits per heavy atom. The first-order chi connectivity index (χ1) is 16.5. The highest BCUT2D eigenvalue weighted by Gasteiger charge is 2.15. The van der Waals surface area contributed by atoms with E-state index in [0.29, 0.717) is 11.6 Å². The zero-order valence-corrected chi connectivity index (χ0v) is 20.3. The molecule has 0 aliphatic rings. The van der Waals surface area contributed by atoms with Gasteiger partial charge in [-0.15, -0.1) is 0 Å². The van der Waals surface area contributed by atoms with E-state index in [-0.39, 0.29) is 6.61 Å². The van der Waals surface area contributed by atoms with E-state index in [0.717, 1.165) is 39.3 Å². The van der Waals surface area contributed by atoms with Gasteiger partial charge in [-0.3, -0.25) is 5.41 Å². The number of hydrogen-bond donors (Lipinski definition) is 2. The molecule has 0 unspecified atom stereocenters. The normalized spacial score (nSPS) is 11.8. The Balaban J connectivity index is 1.90. The van der Waals surface area contributed by atoms with E-state index in [1.165, 1.54) is 6.34 Å². The predicted octanol–water partition coefficient (Wildman–Crippen LogP) is 7.23. The van der Waals surface area contributed by atoms with Crippen LogP contribution in [0.4, 0.5) is 17.1 Å². The average Bonchev–Trinajstić information content (AvgIpc) is 2.89. The van der Waals surface area contributed by atoms with Crippen LogP contribution in [0.1, 0.15) is 18.1 Å². The Morgan fingerprint density at radius 3 is 2.24 bits per heavy atom. The molecule has 2 N–H and O–H groups in total. The highest BCUT2D eigenvalue weighted by molar-refractivity contribution is 6.31. The van der Waals surface area contributed by atoms with Crippen LogP contribution in [0.3, 0.4) is 0 Å². The first-order valence-electron chi connectivity index (χ1n) is 11.1. The first kappa shape index (κ1) is 25.0. The molecule has 0 heterocycles. The SMILES string of the molecule is C=C/C(=C\C(=C/C)c1ccc(N(C)c2ccccc2N(C=N)Cc2ccccc2Cl)cc1)CO. The summed E-state index contributed by atoms with van der Waals surface area (Å²) in [6, 6.07) is 24.0. The molecule has 0 amide bonds. The highest BCUT2D eigenvalue weighted by Crippen LogP contribution is 2.34. The van der Waals surface area contributed by atoms with Crippen molar-refractivity contribution in [3.8, 4) is 0 Å². The molecule has 0 aliphatic heterocycles. The fourth-order valence-electron chi connectivity index (χ4n) is 3.72. The van der Waals surface area contributed by atoms with Gasteiger partial charge < -0.3 is 14.9 Å². The van der Waals surface area contributed by atoms with Crippen molar-refractivity contribution in [3.63, 3.8) is 0 Å². The number of allylic oxidation sites excluding steroid dienone is 3. The van der Waals surface area contributed by atoms with E-state index in [1.54, 1.807) is 6.08 Å². The summed E-state index contributed by atoms with van der Waals surface area (Å²) >= 11 is 6.37. The quantitative estimate of drug-likeness (QED) is 0.186. The Labute approximate surface area is 207 Å². The van der Waals surface area contributed by atoms with Crippen LogP contribution in [0.5, 0.6) is 0 Å². The lowest BCUT2D eigenvalue weighted by molar-refractivity contribution is 0.335. The molecule has 0 fully saturated rings. The molecule has 3 rings (SSSR count). The van der Waals surface area contributed by atoms with Gasteiger partial charge in [0.15, 0.2) is 0 Å². The number of nitrogens with zero attached hydrogens (tertiary/aromatic N) is 2. The predicted molar refractivity (Wildman–Crippen MR) is 146 cm³/mol. The molecule has 5 heteroatoms. The number of anilines is 3. The Hall–Kier alpha value is -3.60. The van der Waals surface area contributed by atoms with Crippen LogP contribution in [-0.2, 0) is 6.54 Å². The number of halogens is 1. The topological polar surface area (TPSA) is 50.6 Å². The van der Waals surface area contributed by atoms with Crippen LogP contribution in [0, 0.1) is 5.41 Å². The van der Waals surface area contributed by atoms with Crippen molar-refractivity contribution in [1.82, 2.24) is 0 Å². The number of hydrogen-bond acceptors (Lipinski definition) is 3. The van der Waals surface area contributed by atoms with Gasteiger partial charge in [-0.05, 0) is 65.6 Å². The van der Waals surface area contributed by atoms with Crippen molar-refractivity contribution >= 4 is 40.6 Å². The minimum Gasteiger partial charge on any atom is -0.392 e. The summed E-state index contributed by atoms with van der Waals surface area (Å²) in [5.74, 6) is 0. The second-order valence-electron chi connectivity index (χ2n) is 7.77. The molecule has 34 heavy (non-hydrogen) atoms. The van der Waals surface area contributed by atoms with E-state index in [1.807, 2.05) is 79.6 Å². The van der Waals surface area contributed by atoms with Gasteiger partial charge in [0.25, 0.3) is 0 Å². The van der Waals surface area contributed by atoms with Crippen molar-refractivity contribution in [2.75, 3.05) is 23.5 Å². The zero-order chi connectivity index (χ0) is 24.5. The lowest BCUT2D eigenvalue weighted by Crippen LogP contribution is -2.23. The highest BCUT2D eigenvalue weighted by atomic mass is 35.5. The van der Waals surface area contributed by atoms with Crippen LogP contribution in [0.2, 0.25) is 5.02 Å². The minimum absolute atomic E-state index is 0.0455. The lowest BCUT2D eigenvalue weighted by atomic mass is 10.0. The second kappa shape index (κ2) is 12.0. The molecule has 0 atom stereocenters. The van der Waals surface area contributed by atoms with Crippen molar-refractivity contribution in [2.45, 2.75) is 13.5 Å². The third-order valence-electron chi connectivity index (χ3n) is 5.69. The number of aliphatic hydroxyl groups excluding tert-OH is 1. The van der Waals surface area contributed by atoms with Crippen molar-refractivity contribution < 1.29 is 5.11 Å². The fraction of sp³-hybridized carbons (Fsp3) is 0.138. The Kier molecular flexibility index (Phi) is 8.86. The monoisotopic (exact) mass is 471 g/mol. The smallest absolute Gasteiger partial charge is 0.0865 e. The van der Waals surface area contributed by atoms with E-state index < -0.39 is 0 Å². The Bertz CT molecular complexity index is 1200. The van der Waals surface area contributed by atoms with Gasteiger partial charge in [-0.2, -0.15) is 0 Å². The molecule has 0 saturated carbocycles. The number of nitrogens with one attached hydrogen (secondary N) is 1. The minimum atomic E-state index is -0.0455. The van der Waals surface area contributed by atoms with E-state index in [4.69, 9.17) is 17.0 Å². The molecule has 3 aromatic carbocycles. The molecule has 0 spiro atoms. The summed E-state index contributed by atoms with van der Waals surface area (Å²) in [5.41, 5.74) is 6.72. The maximum Gasteiger partial charge on any atom is 0.0865 e. The molecule has 174 valence electrons. The van der Waals surface area contributed by atoms with Gasteiger partial charge in [-0.1, -0.05) is 72.8 Å². The third kappa shape index (κ3) is 5.84. The van der Waals surface area contributed by atoms with Gasteiger partial charge >= 0.3 is 0 Å². The van der Waals surface area contributed by atoms with Gasteiger partial charge in [0.05, 0.1) is 30.9 Å². The van der Waals surface area contributed by atoms with Crippen molar-refractivity contribution in [3.05, 3.63) is 119 Å². The maximum absolute atomic E-state index is 9.46. The summed E-state index contributed by atoms with van der Waals surface area (Å²) < 4.78 is 0.